The summed E-state index contributed by atoms with van der Waals surface area (Å²) in [5.41, 5.74) is 0. The van der Waals surface area contributed by atoms with Crippen LogP contribution in [0.15, 0.2) is 0 Å². The number of rotatable bonds is 0. The van der Waals surface area contributed by atoms with Crippen LogP contribution >= 0.6 is 0 Å². The quantitative estimate of drug-likeness (QED) is 0.409. The second kappa shape index (κ2) is 5440. The molecule has 10 heteroatoms. The standard InChI is InChI=1S/6CHN.B.Fe.2K.2H/c6*1-2;;;;;;/h6*1H;;;;;;/q;;;;;;;;2*+1;2*-1. The van der Waals surface area contributed by atoms with E-state index in [0.29, 0.717) is 0 Å². The van der Waals surface area contributed by atoms with Gasteiger partial charge in [-0.1, -0.05) is 0 Å². The van der Waals surface area contributed by atoms with Gasteiger partial charge in [0.1, 0.15) is 0 Å². The SMILES string of the molecule is C#N.C#N.C#N.C#N.C#N.C#N.[B].[Fe].[H-].[H-].[K+].[K+]. The van der Waals surface area contributed by atoms with Gasteiger partial charge in [0, 0.05) is 64.9 Å². The topological polar surface area (TPSA) is 143 Å². The van der Waals surface area contributed by atoms with Crippen molar-refractivity contribution in [1.29, 1.82) is 31.6 Å². The molecule has 3 radical (unpaired) electrons. The van der Waals surface area contributed by atoms with Crippen molar-refractivity contribution in [1.82, 2.24) is 0 Å². The molecule has 0 rings (SSSR count). The average molecular weight is 309 g/mol. The second-order valence-electron chi connectivity index (χ2n) is 0. The van der Waals surface area contributed by atoms with Gasteiger partial charge < -0.3 is 2.85 Å². The molecule has 0 aromatic carbocycles. The van der Waals surface area contributed by atoms with Gasteiger partial charge in [-0.2, -0.15) is 0 Å². The molecule has 0 bridgehead atoms. The molecule has 0 saturated carbocycles. The van der Waals surface area contributed by atoms with Crippen LogP contribution in [0.4, 0.5) is 0 Å². The Balaban J connectivity index is -0.00000000225. The van der Waals surface area contributed by atoms with Crippen LogP contribution in [-0.4, -0.2) is 8.41 Å². The van der Waals surface area contributed by atoms with Crippen LogP contribution in [0.1, 0.15) is 2.85 Å². The molecule has 0 N–H and O–H groups in total. The minimum absolute atomic E-state index is 0. The molecule has 0 aliphatic carbocycles. The van der Waals surface area contributed by atoms with E-state index in [-0.39, 0.29) is 131 Å². The molecule has 0 saturated heterocycles. The van der Waals surface area contributed by atoms with Crippen molar-refractivity contribution in [2.24, 2.45) is 0 Å². The van der Waals surface area contributed by atoms with E-state index in [0.717, 1.165) is 0 Å². The fourth-order valence-electron chi connectivity index (χ4n) is 0. The Hall–Kier alpha value is 0.797. The van der Waals surface area contributed by atoms with Crippen molar-refractivity contribution in [3.63, 3.8) is 0 Å². The van der Waals surface area contributed by atoms with Gasteiger partial charge in [0.05, 0.1) is 0 Å². The Morgan fingerprint density at radius 1 is 0.438 bits per heavy atom. The molecule has 0 unspecified atom stereocenters. The van der Waals surface area contributed by atoms with Gasteiger partial charge in [0.15, 0.2) is 0 Å². The number of hydrogen-bond acceptors (Lipinski definition) is 6. The van der Waals surface area contributed by atoms with Crippen molar-refractivity contribution in [3.05, 3.63) is 0 Å². The van der Waals surface area contributed by atoms with Gasteiger partial charge in [-0.25, -0.2) is 31.6 Å². The molecule has 0 atom stereocenters. The van der Waals surface area contributed by atoms with Crippen LogP contribution in [0.3, 0.4) is 0 Å². The van der Waals surface area contributed by atoms with Crippen LogP contribution in [0.2, 0.25) is 0 Å². The largest absolute Gasteiger partial charge is 1.00 e. The van der Waals surface area contributed by atoms with Crippen LogP contribution in [0.5, 0.6) is 0 Å². The maximum Gasteiger partial charge on any atom is 1.00 e. The second-order valence-corrected chi connectivity index (χ2v) is 0. The molecule has 0 aromatic rings. The first kappa shape index (κ1) is 90.7. The van der Waals surface area contributed by atoms with E-state index in [1.54, 1.807) is 0 Å². The average Bonchev–Trinajstić information content (AvgIpc) is 2.33. The van der Waals surface area contributed by atoms with Crippen molar-refractivity contribution in [3.8, 4) is 39.4 Å². The third-order valence-corrected chi connectivity index (χ3v) is 0. The molecule has 16 heavy (non-hydrogen) atoms. The summed E-state index contributed by atoms with van der Waals surface area (Å²) in [7, 11) is 0. The Morgan fingerprint density at radius 3 is 0.438 bits per heavy atom. The van der Waals surface area contributed by atoms with Gasteiger partial charge in [-0.15, -0.1) is 0 Å². The summed E-state index contributed by atoms with van der Waals surface area (Å²) in [6.07, 6.45) is 0. The first-order valence-corrected chi connectivity index (χ1v) is 1.55. The summed E-state index contributed by atoms with van der Waals surface area (Å²) < 4.78 is 0. The van der Waals surface area contributed by atoms with Crippen molar-refractivity contribution in [2.45, 2.75) is 0 Å². The maximum atomic E-state index is 6.50. The minimum atomic E-state index is 0. The van der Waals surface area contributed by atoms with Crippen molar-refractivity contribution in [2.75, 3.05) is 0 Å². The maximum absolute atomic E-state index is 6.50. The first-order chi connectivity index (χ1) is 6.00. The fourth-order valence-corrected chi connectivity index (χ4v) is 0. The summed E-state index contributed by atoms with van der Waals surface area (Å²) in [4.78, 5) is 0. The normalized spacial score (nSPS) is 0.750. The smallest absolute Gasteiger partial charge is 1.00 e. The zero-order valence-corrected chi connectivity index (χ0v) is 16.4. The van der Waals surface area contributed by atoms with E-state index >= 15 is 0 Å². The predicted octanol–water partition coefficient (Wildman–Crippen LogP) is -5.31. The number of hydrogen-bond donors (Lipinski definition) is 0. The molecule has 0 aromatic heterocycles. The summed E-state index contributed by atoms with van der Waals surface area (Å²) in [6, 6.07) is 0. The summed E-state index contributed by atoms with van der Waals surface area (Å²) in [6.45, 7) is 21.0. The monoisotopic (exact) mass is 309 g/mol. The zero-order chi connectivity index (χ0) is 12.0. The van der Waals surface area contributed by atoms with E-state index in [4.69, 9.17) is 31.6 Å². The number of nitrogens with zero attached hydrogens (tertiary/aromatic N) is 6. The molecule has 0 heterocycles. The van der Waals surface area contributed by atoms with Crippen LogP contribution < -0.4 is 103 Å². The third-order valence-electron chi connectivity index (χ3n) is 0. The molecule has 0 fully saturated rings. The molecule has 0 aliphatic rings. The van der Waals surface area contributed by atoms with Crippen LogP contribution in [-0.2, 0) is 17.1 Å². The Morgan fingerprint density at radius 2 is 0.438 bits per heavy atom. The number of nitriles is 6. The Bertz CT molecular complexity index is 115. The third kappa shape index (κ3) is 4430. The summed E-state index contributed by atoms with van der Waals surface area (Å²) >= 11 is 0. The van der Waals surface area contributed by atoms with Crippen LogP contribution in [0.25, 0.3) is 0 Å². The minimum Gasteiger partial charge on any atom is -1.00 e. The van der Waals surface area contributed by atoms with E-state index < -0.39 is 0 Å². The van der Waals surface area contributed by atoms with Gasteiger partial charge in [-0.05, 0) is 0 Å². The van der Waals surface area contributed by atoms with Gasteiger partial charge in [0.2, 0.25) is 0 Å². The van der Waals surface area contributed by atoms with E-state index in [1.165, 1.54) is 0 Å². The van der Waals surface area contributed by atoms with E-state index in [2.05, 4.69) is 39.4 Å². The molecule has 6 nitrogen and oxygen atoms in total. The van der Waals surface area contributed by atoms with E-state index in [1.807, 2.05) is 0 Å². The van der Waals surface area contributed by atoms with Gasteiger partial charge in [0.25, 0.3) is 0 Å². The Labute approximate surface area is 198 Å². The molecular formula is C6H8BFeK2N6. The summed E-state index contributed by atoms with van der Waals surface area (Å²) in [5.74, 6) is 0. The molecule has 0 amide bonds. The summed E-state index contributed by atoms with van der Waals surface area (Å²) in [5, 5.41) is 39.0. The fraction of sp³-hybridized carbons (Fsp3) is 0. The van der Waals surface area contributed by atoms with Crippen LogP contribution in [0, 0.1) is 71.0 Å². The Kier molecular flexibility index (Phi) is 30900. The molecule has 75 valence electrons. The first-order valence-electron chi connectivity index (χ1n) is 1.55. The van der Waals surface area contributed by atoms with E-state index in [9.17, 15) is 0 Å². The molecular weight excluding hydrogens is 301 g/mol. The predicted molar refractivity (Wildman–Crippen MR) is 48.0 cm³/mol. The van der Waals surface area contributed by atoms with Gasteiger partial charge >= 0.3 is 103 Å². The van der Waals surface area contributed by atoms with Gasteiger partial charge in [-0.3, -0.25) is 0 Å². The zero-order valence-electron chi connectivity index (χ0n) is 11.1. The molecule has 0 spiro atoms. The van der Waals surface area contributed by atoms with Crippen molar-refractivity contribution >= 4 is 8.41 Å². The molecule has 0 aliphatic heterocycles. The van der Waals surface area contributed by atoms with Crippen molar-refractivity contribution < 1.29 is 123 Å².